The summed E-state index contributed by atoms with van der Waals surface area (Å²) in [6.45, 7) is 5.52. The fourth-order valence-corrected chi connectivity index (χ4v) is 3.00. The number of amides is 2. The fraction of sp³-hybridized carbons (Fsp3) is 0.412. The van der Waals surface area contributed by atoms with E-state index >= 15 is 0 Å². The molecular weight excluding hydrogens is 294 g/mol. The highest BCUT2D eigenvalue weighted by atomic mass is 16.3. The van der Waals surface area contributed by atoms with Crippen LogP contribution in [0.2, 0.25) is 0 Å². The smallest absolute Gasteiger partial charge is 0.270 e. The molecule has 0 aliphatic carbocycles. The lowest BCUT2D eigenvalue weighted by Crippen LogP contribution is -2.51. The zero-order valence-electron chi connectivity index (χ0n) is 13.4. The van der Waals surface area contributed by atoms with Gasteiger partial charge >= 0.3 is 0 Å². The molecule has 2 heterocycles. The summed E-state index contributed by atoms with van der Waals surface area (Å²) in [5.74, 6) is -0.330. The van der Waals surface area contributed by atoms with Gasteiger partial charge in [0.15, 0.2) is 0 Å². The second kappa shape index (κ2) is 6.04. The summed E-state index contributed by atoms with van der Waals surface area (Å²) in [6.07, 6.45) is 0. The molecule has 2 aromatic rings. The van der Waals surface area contributed by atoms with Gasteiger partial charge in [0.1, 0.15) is 12.3 Å². The maximum absolute atomic E-state index is 12.7. The minimum atomic E-state index is -0.478. The van der Waals surface area contributed by atoms with Crippen LogP contribution < -0.4 is 0 Å². The van der Waals surface area contributed by atoms with E-state index in [-0.39, 0.29) is 11.8 Å². The van der Waals surface area contributed by atoms with Gasteiger partial charge in [0.05, 0.1) is 0 Å². The summed E-state index contributed by atoms with van der Waals surface area (Å²) in [4.78, 5) is 30.6. The molecule has 2 amide bonds. The van der Waals surface area contributed by atoms with E-state index in [0.29, 0.717) is 31.9 Å². The average Bonchev–Trinajstić information content (AvgIpc) is 3.02. The largest absolute Gasteiger partial charge is 0.387 e. The number of carbonyl (C=O) groups excluding carboxylic acids is 2. The first-order chi connectivity index (χ1) is 11.0. The SMILES string of the molecule is Cc1ccc2[nH]c(C(=O)N3CCN(C(=O)CO)CC3)cc2c1C. The number of nitrogens with one attached hydrogen (secondary N) is 1. The van der Waals surface area contributed by atoms with Crippen molar-refractivity contribution in [2.45, 2.75) is 13.8 Å². The van der Waals surface area contributed by atoms with E-state index in [1.807, 2.05) is 18.2 Å². The molecule has 6 heteroatoms. The molecular formula is C17H21N3O3. The highest BCUT2D eigenvalue weighted by Gasteiger charge is 2.25. The standard InChI is InChI=1S/C17H21N3O3/c1-11-3-4-14-13(12(11)2)9-15(18-14)17(23)20-7-5-19(6-8-20)16(22)10-21/h3-4,9,18,21H,5-8,10H2,1-2H3. The maximum Gasteiger partial charge on any atom is 0.270 e. The van der Waals surface area contributed by atoms with E-state index in [4.69, 9.17) is 5.11 Å². The van der Waals surface area contributed by atoms with Crippen LogP contribution in [0.5, 0.6) is 0 Å². The number of benzene rings is 1. The molecule has 0 unspecified atom stereocenters. The van der Waals surface area contributed by atoms with Crippen molar-refractivity contribution in [2.24, 2.45) is 0 Å². The van der Waals surface area contributed by atoms with Crippen LogP contribution in [0.3, 0.4) is 0 Å². The van der Waals surface area contributed by atoms with Gasteiger partial charge in [-0.3, -0.25) is 9.59 Å². The highest BCUT2D eigenvalue weighted by molar-refractivity contribution is 5.99. The van der Waals surface area contributed by atoms with Gasteiger partial charge in [-0.15, -0.1) is 0 Å². The van der Waals surface area contributed by atoms with E-state index in [1.165, 1.54) is 11.1 Å². The van der Waals surface area contributed by atoms with Gasteiger partial charge in [0.25, 0.3) is 5.91 Å². The number of hydrogen-bond acceptors (Lipinski definition) is 3. The number of carbonyl (C=O) groups is 2. The molecule has 0 radical (unpaired) electrons. The van der Waals surface area contributed by atoms with Crippen molar-refractivity contribution in [3.8, 4) is 0 Å². The van der Waals surface area contributed by atoms with Crippen LogP contribution in [0.1, 0.15) is 21.6 Å². The Morgan fingerprint density at radius 3 is 2.43 bits per heavy atom. The number of piperazine rings is 1. The summed E-state index contributed by atoms with van der Waals surface area (Å²) in [5.41, 5.74) is 3.92. The van der Waals surface area contributed by atoms with Crippen LogP contribution in [0.15, 0.2) is 18.2 Å². The Hall–Kier alpha value is -2.34. The monoisotopic (exact) mass is 315 g/mol. The van der Waals surface area contributed by atoms with Gasteiger partial charge in [0.2, 0.25) is 5.91 Å². The second-order valence-corrected chi connectivity index (χ2v) is 5.98. The summed E-state index contributed by atoms with van der Waals surface area (Å²) in [5, 5.41) is 9.96. The van der Waals surface area contributed by atoms with Gasteiger partial charge in [-0.2, -0.15) is 0 Å². The molecule has 1 fully saturated rings. The van der Waals surface area contributed by atoms with Crippen molar-refractivity contribution in [1.29, 1.82) is 0 Å². The number of aromatic amines is 1. The third-order valence-corrected chi connectivity index (χ3v) is 4.63. The van der Waals surface area contributed by atoms with Gasteiger partial charge in [-0.1, -0.05) is 6.07 Å². The first-order valence-electron chi connectivity index (χ1n) is 7.78. The summed E-state index contributed by atoms with van der Waals surface area (Å²) in [7, 11) is 0. The second-order valence-electron chi connectivity index (χ2n) is 5.98. The van der Waals surface area contributed by atoms with Crippen molar-refractivity contribution in [3.05, 3.63) is 35.0 Å². The number of hydrogen-bond donors (Lipinski definition) is 2. The molecule has 0 bridgehead atoms. The molecule has 1 aliphatic rings. The molecule has 1 aliphatic heterocycles. The lowest BCUT2D eigenvalue weighted by atomic mass is 10.1. The third-order valence-electron chi connectivity index (χ3n) is 4.63. The van der Waals surface area contributed by atoms with Gasteiger partial charge in [0, 0.05) is 37.1 Å². The first kappa shape index (κ1) is 15.6. The third kappa shape index (κ3) is 2.82. The highest BCUT2D eigenvalue weighted by Crippen LogP contribution is 2.23. The molecule has 0 spiro atoms. The Labute approximate surface area is 134 Å². The Balaban J connectivity index is 1.77. The van der Waals surface area contributed by atoms with Crippen LogP contribution in [-0.2, 0) is 4.79 Å². The lowest BCUT2D eigenvalue weighted by Gasteiger charge is -2.34. The van der Waals surface area contributed by atoms with Crippen LogP contribution in [0, 0.1) is 13.8 Å². The van der Waals surface area contributed by atoms with Crippen molar-refractivity contribution >= 4 is 22.7 Å². The number of aromatic nitrogens is 1. The van der Waals surface area contributed by atoms with Gasteiger partial charge in [-0.25, -0.2) is 0 Å². The predicted octanol–water partition coefficient (Wildman–Crippen LogP) is 1.06. The van der Waals surface area contributed by atoms with Gasteiger partial charge < -0.3 is 19.9 Å². The summed E-state index contributed by atoms with van der Waals surface area (Å²) >= 11 is 0. The molecule has 0 saturated carbocycles. The molecule has 6 nitrogen and oxygen atoms in total. The molecule has 0 atom stereocenters. The van der Waals surface area contributed by atoms with Crippen LogP contribution >= 0.6 is 0 Å². The van der Waals surface area contributed by atoms with Crippen LogP contribution in [-0.4, -0.2) is 64.5 Å². The minimum Gasteiger partial charge on any atom is -0.387 e. The summed E-state index contributed by atoms with van der Waals surface area (Å²) < 4.78 is 0. The molecule has 3 rings (SSSR count). The van der Waals surface area contributed by atoms with Crippen LogP contribution in [0.4, 0.5) is 0 Å². The summed E-state index contributed by atoms with van der Waals surface area (Å²) in [6, 6.07) is 5.94. The Kier molecular flexibility index (Phi) is 4.09. The number of fused-ring (bicyclic) bond motifs is 1. The zero-order valence-corrected chi connectivity index (χ0v) is 13.4. The van der Waals surface area contributed by atoms with Gasteiger partial charge in [-0.05, 0) is 37.1 Å². The molecule has 2 N–H and O–H groups in total. The number of aryl methyl sites for hydroxylation is 2. The van der Waals surface area contributed by atoms with Crippen molar-refractivity contribution in [1.82, 2.24) is 14.8 Å². The predicted molar refractivity (Wildman–Crippen MR) is 87.3 cm³/mol. The molecule has 23 heavy (non-hydrogen) atoms. The van der Waals surface area contributed by atoms with Crippen molar-refractivity contribution < 1.29 is 14.7 Å². The van der Waals surface area contributed by atoms with Crippen LogP contribution in [0.25, 0.3) is 10.9 Å². The van der Waals surface area contributed by atoms with E-state index in [1.54, 1.807) is 9.80 Å². The average molecular weight is 315 g/mol. The van der Waals surface area contributed by atoms with Crippen molar-refractivity contribution in [3.63, 3.8) is 0 Å². The first-order valence-corrected chi connectivity index (χ1v) is 7.78. The lowest BCUT2D eigenvalue weighted by molar-refractivity contribution is -0.135. The molecule has 1 aromatic carbocycles. The number of aliphatic hydroxyl groups excluding tert-OH is 1. The molecule has 1 aromatic heterocycles. The van der Waals surface area contributed by atoms with E-state index in [9.17, 15) is 9.59 Å². The minimum absolute atomic E-state index is 0.0469. The number of rotatable bonds is 2. The topological polar surface area (TPSA) is 76.6 Å². The zero-order chi connectivity index (χ0) is 16.6. The number of nitrogens with zero attached hydrogens (tertiary/aromatic N) is 2. The Morgan fingerprint density at radius 1 is 1.13 bits per heavy atom. The van der Waals surface area contributed by atoms with E-state index in [2.05, 4.69) is 18.8 Å². The van der Waals surface area contributed by atoms with E-state index in [0.717, 1.165) is 10.9 Å². The van der Waals surface area contributed by atoms with E-state index < -0.39 is 6.61 Å². The maximum atomic E-state index is 12.7. The normalized spacial score (nSPS) is 15.3. The van der Waals surface area contributed by atoms with Crippen molar-refractivity contribution in [2.75, 3.05) is 32.8 Å². The quantitative estimate of drug-likeness (QED) is 0.870. The molecule has 1 saturated heterocycles. The number of aliphatic hydroxyl groups is 1. The Bertz CT molecular complexity index is 758. The Morgan fingerprint density at radius 2 is 1.78 bits per heavy atom. The molecule has 122 valence electrons. The number of H-pyrrole nitrogens is 1. The fourth-order valence-electron chi connectivity index (χ4n) is 3.00.